The number of hydrogen-bond acceptors (Lipinski definition) is 6. The van der Waals surface area contributed by atoms with Crippen molar-refractivity contribution >= 4 is 21.8 Å². The third-order valence-electron chi connectivity index (χ3n) is 4.79. The zero-order valence-electron chi connectivity index (χ0n) is 14.5. The molecule has 138 valence electrons. The second-order valence-corrected chi connectivity index (χ2v) is 10.3. The molecular weight excluding hydrogens is 370 g/mol. The summed E-state index contributed by atoms with van der Waals surface area (Å²) in [4.78, 5) is 8.63. The van der Waals surface area contributed by atoms with E-state index >= 15 is 0 Å². The van der Waals surface area contributed by atoms with Crippen LogP contribution in [0.5, 0.6) is 0 Å². The van der Waals surface area contributed by atoms with Gasteiger partial charge in [0.2, 0.25) is 10.0 Å². The molecule has 4 heterocycles. The van der Waals surface area contributed by atoms with Gasteiger partial charge in [0.25, 0.3) is 0 Å². The fourth-order valence-corrected chi connectivity index (χ4v) is 6.72. The van der Waals surface area contributed by atoms with Gasteiger partial charge in [-0.25, -0.2) is 8.42 Å². The second-order valence-electron chi connectivity index (χ2n) is 6.86. The summed E-state index contributed by atoms with van der Waals surface area (Å²) in [6.45, 7) is 3.55. The van der Waals surface area contributed by atoms with E-state index in [0.29, 0.717) is 19.7 Å². The Morgan fingerprint density at radius 1 is 1.31 bits per heavy atom. The average Bonchev–Trinajstić information content (AvgIpc) is 3.04. The fourth-order valence-electron chi connectivity index (χ4n) is 3.43. The molecule has 4 rings (SSSR count). The molecule has 0 bridgehead atoms. The first-order chi connectivity index (χ1) is 12.5. The van der Waals surface area contributed by atoms with E-state index in [4.69, 9.17) is 4.74 Å². The highest BCUT2D eigenvalue weighted by atomic mass is 32.2. The van der Waals surface area contributed by atoms with Crippen LogP contribution in [0, 0.1) is 6.92 Å². The lowest BCUT2D eigenvalue weighted by Crippen LogP contribution is -2.60. The number of pyridine rings is 2. The summed E-state index contributed by atoms with van der Waals surface area (Å²) in [5.74, 6) is 0.895. The quantitative estimate of drug-likeness (QED) is 0.778. The number of sulfonamides is 1. The summed E-state index contributed by atoms with van der Waals surface area (Å²) >= 11 is 1.83. The van der Waals surface area contributed by atoms with Crippen LogP contribution in [0.2, 0.25) is 0 Å². The zero-order valence-corrected chi connectivity index (χ0v) is 16.2. The Hall–Kier alpha value is -1.48. The van der Waals surface area contributed by atoms with Gasteiger partial charge < -0.3 is 4.74 Å². The van der Waals surface area contributed by atoms with Gasteiger partial charge in [0, 0.05) is 41.7 Å². The molecule has 0 radical (unpaired) electrons. The van der Waals surface area contributed by atoms with E-state index < -0.39 is 10.0 Å². The summed E-state index contributed by atoms with van der Waals surface area (Å²) in [5, 5.41) is 0. The molecule has 0 amide bonds. The topological polar surface area (TPSA) is 72.4 Å². The molecule has 0 unspecified atom stereocenters. The smallest absolute Gasteiger partial charge is 0.244 e. The number of ether oxygens (including phenoxy) is 1. The number of hydrogen-bond donors (Lipinski definition) is 0. The lowest BCUT2D eigenvalue weighted by Gasteiger charge is -2.46. The Morgan fingerprint density at radius 3 is 2.88 bits per heavy atom. The highest BCUT2D eigenvalue weighted by molar-refractivity contribution is 8.01. The van der Waals surface area contributed by atoms with Crippen LogP contribution < -0.4 is 0 Å². The van der Waals surface area contributed by atoms with Crippen LogP contribution in [0.15, 0.2) is 47.6 Å². The highest BCUT2D eigenvalue weighted by Gasteiger charge is 2.53. The van der Waals surface area contributed by atoms with Gasteiger partial charge in [-0.1, -0.05) is 6.07 Å². The van der Waals surface area contributed by atoms with Crippen molar-refractivity contribution in [3.8, 4) is 0 Å². The Bertz CT molecular complexity index is 884. The Morgan fingerprint density at radius 2 is 2.15 bits per heavy atom. The van der Waals surface area contributed by atoms with E-state index in [1.54, 1.807) is 22.6 Å². The minimum atomic E-state index is -3.44. The molecule has 0 saturated carbocycles. The van der Waals surface area contributed by atoms with Crippen LogP contribution in [0.1, 0.15) is 17.8 Å². The second kappa shape index (κ2) is 6.92. The van der Waals surface area contributed by atoms with E-state index in [2.05, 4.69) is 9.97 Å². The Balaban J connectivity index is 1.32. The number of rotatable bonds is 5. The minimum Gasteiger partial charge on any atom is -0.371 e. The maximum absolute atomic E-state index is 12.6. The van der Waals surface area contributed by atoms with Crippen molar-refractivity contribution in [3.63, 3.8) is 0 Å². The number of aryl methyl sites for hydroxylation is 1. The summed E-state index contributed by atoms with van der Waals surface area (Å²) in [6, 6.07) is 9.16. The number of aromatic nitrogens is 2. The van der Waals surface area contributed by atoms with Crippen LogP contribution in [0.4, 0.5) is 0 Å². The van der Waals surface area contributed by atoms with Crippen LogP contribution in [-0.2, 0) is 21.4 Å². The van der Waals surface area contributed by atoms with Gasteiger partial charge in [-0.05, 0) is 37.6 Å². The standard InChI is InChI=1S/C18H21N3O3S2/c1-14-4-2-5-15(20-14)10-24-16-8-18(25-11-16)12-21(13-18)26(22,23)17-6-3-7-19-9-17/h2-7,9,16H,8,10-13H2,1H3/t16-/m1/s1. The van der Waals surface area contributed by atoms with Crippen molar-refractivity contribution in [1.82, 2.24) is 14.3 Å². The van der Waals surface area contributed by atoms with Crippen molar-refractivity contribution in [2.45, 2.75) is 35.7 Å². The third-order valence-corrected chi connectivity index (χ3v) is 8.14. The SMILES string of the molecule is Cc1cccc(CO[C@H]2CSC3(C2)CN(S(=O)(=O)c2cccnc2)C3)n1. The Kier molecular flexibility index (Phi) is 4.77. The number of nitrogens with zero attached hydrogens (tertiary/aromatic N) is 3. The molecule has 26 heavy (non-hydrogen) atoms. The van der Waals surface area contributed by atoms with E-state index in [1.807, 2.05) is 36.9 Å². The predicted molar refractivity (Wildman–Crippen MR) is 100 cm³/mol. The van der Waals surface area contributed by atoms with Gasteiger partial charge in [0.1, 0.15) is 4.90 Å². The van der Waals surface area contributed by atoms with Crippen LogP contribution in [0.3, 0.4) is 0 Å². The van der Waals surface area contributed by atoms with Gasteiger partial charge in [0.05, 0.1) is 18.4 Å². The van der Waals surface area contributed by atoms with Crippen molar-refractivity contribution in [1.29, 1.82) is 0 Å². The lowest BCUT2D eigenvalue weighted by atomic mass is 9.95. The summed E-state index contributed by atoms with van der Waals surface area (Å²) in [6.07, 6.45) is 4.01. The van der Waals surface area contributed by atoms with Crippen molar-refractivity contribution in [3.05, 3.63) is 54.1 Å². The average molecular weight is 392 g/mol. The number of thioether (sulfide) groups is 1. The monoisotopic (exact) mass is 391 g/mol. The molecule has 2 aliphatic heterocycles. The van der Waals surface area contributed by atoms with Gasteiger partial charge >= 0.3 is 0 Å². The molecule has 6 nitrogen and oxygen atoms in total. The van der Waals surface area contributed by atoms with Crippen molar-refractivity contribution in [2.75, 3.05) is 18.8 Å². The van der Waals surface area contributed by atoms with Gasteiger partial charge in [-0.15, -0.1) is 11.8 Å². The van der Waals surface area contributed by atoms with Gasteiger partial charge in [-0.2, -0.15) is 4.31 Å². The first kappa shape index (κ1) is 17.9. The van der Waals surface area contributed by atoms with Gasteiger partial charge in [-0.3, -0.25) is 9.97 Å². The van der Waals surface area contributed by atoms with E-state index in [-0.39, 0.29) is 15.7 Å². The van der Waals surface area contributed by atoms with Crippen LogP contribution in [0.25, 0.3) is 0 Å². The van der Waals surface area contributed by atoms with Crippen LogP contribution >= 0.6 is 11.8 Å². The molecule has 0 aliphatic carbocycles. The van der Waals surface area contributed by atoms with Crippen LogP contribution in [-0.4, -0.2) is 52.4 Å². The highest BCUT2D eigenvalue weighted by Crippen LogP contribution is 2.47. The maximum atomic E-state index is 12.6. The summed E-state index contributed by atoms with van der Waals surface area (Å²) in [5.41, 5.74) is 1.92. The fraction of sp³-hybridized carbons (Fsp3) is 0.444. The molecule has 2 aromatic heterocycles. The normalized spacial score (nSPS) is 22.4. The molecule has 0 aromatic carbocycles. The molecule has 0 N–H and O–H groups in total. The molecule has 1 spiro atoms. The zero-order chi connectivity index (χ0) is 18.2. The minimum absolute atomic E-state index is 0.0139. The Labute approximate surface area is 158 Å². The largest absolute Gasteiger partial charge is 0.371 e. The molecule has 1 atom stereocenters. The molecule has 2 aromatic rings. The van der Waals surface area contributed by atoms with Gasteiger partial charge in [0.15, 0.2) is 0 Å². The lowest BCUT2D eigenvalue weighted by molar-refractivity contribution is 0.0380. The first-order valence-corrected chi connectivity index (χ1v) is 11.0. The van der Waals surface area contributed by atoms with E-state index in [0.717, 1.165) is 23.6 Å². The summed E-state index contributed by atoms with van der Waals surface area (Å²) < 4.78 is 32.8. The van der Waals surface area contributed by atoms with E-state index in [1.165, 1.54) is 6.20 Å². The van der Waals surface area contributed by atoms with E-state index in [9.17, 15) is 8.42 Å². The molecule has 2 fully saturated rings. The molecule has 8 heteroatoms. The first-order valence-electron chi connectivity index (χ1n) is 8.55. The molecule has 2 saturated heterocycles. The third kappa shape index (κ3) is 3.51. The summed E-state index contributed by atoms with van der Waals surface area (Å²) in [7, 11) is -3.44. The predicted octanol–water partition coefficient (Wildman–Crippen LogP) is 2.25. The van der Waals surface area contributed by atoms with Crippen molar-refractivity contribution in [2.24, 2.45) is 0 Å². The van der Waals surface area contributed by atoms with Crippen molar-refractivity contribution < 1.29 is 13.2 Å². The molecule has 2 aliphatic rings. The maximum Gasteiger partial charge on any atom is 0.244 e. The molecular formula is C18H21N3O3S2.